The first-order valence-electron chi connectivity index (χ1n) is 8.88. The highest BCUT2D eigenvalue weighted by Gasteiger charge is 2.29. The van der Waals surface area contributed by atoms with Gasteiger partial charge in [-0.15, -0.1) is 0 Å². The Labute approximate surface area is 150 Å². The van der Waals surface area contributed by atoms with Crippen molar-refractivity contribution >= 4 is 17.5 Å². The third-order valence-corrected chi connectivity index (χ3v) is 4.61. The van der Waals surface area contributed by atoms with E-state index in [1.165, 1.54) is 0 Å². The van der Waals surface area contributed by atoms with Gasteiger partial charge >= 0.3 is 0 Å². The summed E-state index contributed by atoms with van der Waals surface area (Å²) in [5, 5.41) is 0. The number of hydrogen-bond acceptors (Lipinski definition) is 4. The lowest BCUT2D eigenvalue weighted by Crippen LogP contribution is -2.45. The Morgan fingerprint density at radius 2 is 2.00 bits per heavy atom. The van der Waals surface area contributed by atoms with Crippen molar-refractivity contribution in [1.29, 1.82) is 0 Å². The fourth-order valence-electron chi connectivity index (χ4n) is 3.06. The van der Waals surface area contributed by atoms with E-state index in [4.69, 9.17) is 4.74 Å². The summed E-state index contributed by atoms with van der Waals surface area (Å²) >= 11 is 0. The van der Waals surface area contributed by atoms with Gasteiger partial charge in [0.2, 0.25) is 5.91 Å². The fraction of sp³-hybridized carbons (Fsp3) is 0.579. The number of hydrogen-bond donors (Lipinski definition) is 0. The lowest BCUT2D eigenvalue weighted by atomic mass is 10.1. The molecule has 0 N–H and O–H groups in total. The van der Waals surface area contributed by atoms with E-state index in [9.17, 15) is 9.59 Å². The summed E-state index contributed by atoms with van der Waals surface area (Å²) < 4.78 is 5.84. The second kappa shape index (κ2) is 8.23. The standard InChI is InChI=1S/C19H29N3O3/c1-6-10-22(7-2)18(23)12-15-13-25-17-9-8-14(19(24)20(3)4)11-16(17)21(15)5/h8-9,11,15H,6-7,10,12-13H2,1-5H3/t15-/m0/s1. The van der Waals surface area contributed by atoms with Gasteiger partial charge in [-0.2, -0.15) is 0 Å². The van der Waals surface area contributed by atoms with Crippen molar-refractivity contribution in [3.05, 3.63) is 23.8 Å². The molecule has 25 heavy (non-hydrogen) atoms. The molecule has 0 bridgehead atoms. The molecular weight excluding hydrogens is 318 g/mol. The van der Waals surface area contributed by atoms with Crippen molar-refractivity contribution in [2.45, 2.75) is 32.7 Å². The number of benzene rings is 1. The molecule has 1 atom stereocenters. The minimum atomic E-state index is -0.0468. The Morgan fingerprint density at radius 3 is 2.60 bits per heavy atom. The maximum absolute atomic E-state index is 12.5. The van der Waals surface area contributed by atoms with E-state index in [1.807, 2.05) is 31.0 Å². The molecule has 2 amide bonds. The van der Waals surface area contributed by atoms with Crippen LogP contribution in [0.1, 0.15) is 37.0 Å². The van der Waals surface area contributed by atoms with Gasteiger partial charge in [-0.1, -0.05) is 6.92 Å². The smallest absolute Gasteiger partial charge is 0.253 e. The zero-order valence-corrected chi connectivity index (χ0v) is 15.9. The highest BCUT2D eigenvalue weighted by Crippen LogP contribution is 2.34. The van der Waals surface area contributed by atoms with Gasteiger partial charge in [0.25, 0.3) is 5.91 Å². The molecule has 1 aromatic carbocycles. The Bertz CT molecular complexity index is 630. The fourth-order valence-corrected chi connectivity index (χ4v) is 3.06. The predicted molar refractivity (Wildman–Crippen MR) is 99.3 cm³/mol. The molecule has 0 spiro atoms. The number of fused-ring (bicyclic) bond motifs is 1. The third kappa shape index (κ3) is 4.24. The van der Waals surface area contributed by atoms with Crippen molar-refractivity contribution in [3.8, 4) is 5.75 Å². The first kappa shape index (κ1) is 19.1. The molecule has 0 saturated heterocycles. The lowest BCUT2D eigenvalue weighted by molar-refractivity contribution is -0.131. The number of carbonyl (C=O) groups excluding carboxylic acids is 2. The first-order chi connectivity index (χ1) is 11.9. The van der Waals surface area contributed by atoms with E-state index in [1.54, 1.807) is 25.1 Å². The summed E-state index contributed by atoms with van der Waals surface area (Å²) in [6.45, 7) is 6.06. The van der Waals surface area contributed by atoms with Crippen molar-refractivity contribution in [3.63, 3.8) is 0 Å². The van der Waals surface area contributed by atoms with Gasteiger partial charge in [0, 0.05) is 39.8 Å². The molecule has 1 aliphatic rings. The molecule has 0 aromatic heterocycles. The highest BCUT2D eigenvalue weighted by atomic mass is 16.5. The molecule has 1 aliphatic heterocycles. The van der Waals surface area contributed by atoms with E-state index >= 15 is 0 Å². The van der Waals surface area contributed by atoms with Gasteiger partial charge in [-0.05, 0) is 31.5 Å². The van der Waals surface area contributed by atoms with E-state index in [0.717, 1.165) is 30.9 Å². The summed E-state index contributed by atoms with van der Waals surface area (Å²) in [6, 6.07) is 5.42. The molecule has 0 aliphatic carbocycles. The first-order valence-corrected chi connectivity index (χ1v) is 8.88. The number of anilines is 1. The van der Waals surface area contributed by atoms with Crippen molar-refractivity contribution < 1.29 is 14.3 Å². The molecular formula is C19H29N3O3. The van der Waals surface area contributed by atoms with Crippen LogP contribution in [-0.4, -0.2) is 68.5 Å². The van der Waals surface area contributed by atoms with Crippen LogP contribution in [0.3, 0.4) is 0 Å². The number of amides is 2. The van der Waals surface area contributed by atoms with E-state index in [2.05, 4.69) is 11.8 Å². The monoisotopic (exact) mass is 347 g/mol. The van der Waals surface area contributed by atoms with Crippen molar-refractivity contribution in [2.24, 2.45) is 0 Å². The Morgan fingerprint density at radius 1 is 1.28 bits per heavy atom. The number of likely N-dealkylation sites (N-methyl/N-ethyl adjacent to an activating group) is 1. The number of nitrogens with zero attached hydrogens (tertiary/aromatic N) is 3. The number of carbonyl (C=O) groups is 2. The van der Waals surface area contributed by atoms with Crippen molar-refractivity contribution in [1.82, 2.24) is 9.80 Å². The van der Waals surface area contributed by atoms with Crippen LogP contribution in [0.15, 0.2) is 18.2 Å². The number of ether oxygens (including phenoxy) is 1. The summed E-state index contributed by atoms with van der Waals surface area (Å²) in [6.07, 6.45) is 1.37. The van der Waals surface area contributed by atoms with Crippen LogP contribution in [0.5, 0.6) is 5.75 Å². The van der Waals surface area contributed by atoms with Crippen LogP contribution in [0.25, 0.3) is 0 Å². The molecule has 0 saturated carbocycles. The second-order valence-electron chi connectivity index (χ2n) is 6.64. The van der Waals surface area contributed by atoms with Crippen LogP contribution in [0.2, 0.25) is 0 Å². The van der Waals surface area contributed by atoms with Crippen molar-refractivity contribution in [2.75, 3.05) is 45.7 Å². The molecule has 6 heteroatoms. The van der Waals surface area contributed by atoms with Gasteiger partial charge < -0.3 is 19.4 Å². The van der Waals surface area contributed by atoms with Gasteiger partial charge in [0.05, 0.1) is 18.2 Å². The van der Waals surface area contributed by atoms with E-state index < -0.39 is 0 Å². The molecule has 0 fully saturated rings. The SMILES string of the molecule is CCCN(CC)C(=O)C[C@H]1COc2ccc(C(=O)N(C)C)cc2N1C. The topological polar surface area (TPSA) is 53.1 Å². The average molecular weight is 347 g/mol. The van der Waals surface area contributed by atoms with E-state index in [0.29, 0.717) is 18.6 Å². The molecule has 2 rings (SSSR count). The largest absolute Gasteiger partial charge is 0.489 e. The Kier molecular flexibility index (Phi) is 6.28. The molecule has 1 aromatic rings. The summed E-state index contributed by atoms with van der Waals surface area (Å²) in [5.41, 5.74) is 1.47. The lowest BCUT2D eigenvalue weighted by Gasteiger charge is -2.36. The second-order valence-corrected chi connectivity index (χ2v) is 6.64. The molecule has 0 radical (unpaired) electrons. The van der Waals surface area contributed by atoms with Crippen LogP contribution < -0.4 is 9.64 Å². The maximum Gasteiger partial charge on any atom is 0.253 e. The predicted octanol–water partition coefficient (Wildman–Crippen LogP) is 2.23. The molecule has 138 valence electrons. The zero-order valence-electron chi connectivity index (χ0n) is 15.9. The van der Waals surface area contributed by atoms with Gasteiger partial charge in [-0.25, -0.2) is 0 Å². The Hall–Kier alpha value is -2.24. The van der Waals surface area contributed by atoms with E-state index in [-0.39, 0.29) is 17.9 Å². The molecule has 6 nitrogen and oxygen atoms in total. The molecule has 1 heterocycles. The number of rotatable bonds is 6. The van der Waals surface area contributed by atoms with Crippen LogP contribution in [-0.2, 0) is 4.79 Å². The normalized spacial score (nSPS) is 16.0. The summed E-state index contributed by atoms with van der Waals surface area (Å²) in [4.78, 5) is 30.2. The minimum absolute atomic E-state index is 0.0318. The maximum atomic E-state index is 12.5. The van der Waals surface area contributed by atoms with Crippen LogP contribution in [0.4, 0.5) is 5.69 Å². The van der Waals surface area contributed by atoms with Crippen LogP contribution in [0, 0.1) is 0 Å². The quantitative estimate of drug-likeness (QED) is 0.792. The molecule has 0 unspecified atom stereocenters. The summed E-state index contributed by atoms with van der Waals surface area (Å²) in [5.74, 6) is 0.852. The van der Waals surface area contributed by atoms with Crippen LogP contribution >= 0.6 is 0 Å². The highest BCUT2D eigenvalue weighted by molar-refractivity contribution is 5.95. The van der Waals surface area contributed by atoms with Gasteiger partial charge in [0.1, 0.15) is 12.4 Å². The Balaban J connectivity index is 2.16. The average Bonchev–Trinajstić information content (AvgIpc) is 2.60. The van der Waals surface area contributed by atoms with Gasteiger partial charge in [0.15, 0.2) is 0 Å². The third-order valence-electron chi connectivity index (χ3n) is 4.61. The van der Waals surface area contributed by atoms with Gasteiger partial charge in [-0.3, -0.25) is 9.59 Å². The minimum Gasteiger partial charge on any atom is -0.489 e. The summed E-state index contributed by atoms with van der Waals surface area (Å²) in [7, 11) is 5.42. The zero-order chi connectivity index (χ0) is 18.6.